The van der Waals surface area contributed by atoms with Crippen LogP contribution < -0.4 is 0 Å². The maximum absolute atomic E-state index is 14.0. The lowest BCUT2D eigenvalue weighted by Gasteiger charge is -2.48. The number of ketones is 1. The molecule has 2 aliphatic heterocycles. The molecule has 0 spiro atoms. The summed E-state index contributed by atoms with van der Waals surface area (Å²) in [6.07, 6.45) is -12.1. The van der Waals surface area contributed by atoms with Crippen LogP contribution in [-0.2, 0) is 75.1 Å². The summed E-state index contributed by atoms with van der Waals surface area (Å²) in [4.78, 5) is 90.2. The highest BCUT2D eigenvalue weighted by atomic mass is 16.7. The van der Waals surface area contributed by atoms with Crippen molar-refractivity contribution < 1.29 is 71.5 Å². The molecular weight excluding hydrogens is 700 g/mol. The third-order valence-corrected chi connectivity index (χ3v) is 8.02. The van der Waals surface area contributed by atoms with Gasteiger partial charge in [0, 0.05) is 27.2 Å². The van der Waals surface area contributed by atoms with E-state index < -0.39 is 84.8 Å². The first-order chi connectivity index (χ1) is 25.3. The molecule has 2 amide bonds. The fourth-order valence-corrected chi connectivity index (χ4v) is 5.87. The number of carbonyl (C=O) groups is 7. The maximum atomic E-state index is 14.0. The average Bonchev–Trinajstić information content (AvgIpc) is 3.12. The van der Waals surface area contributed by atoms with Gasteiger partial charge in [-0.25, -0.2) is 14.4 Å². The molecule has 0 bridgehead atoms. The minimum Gasteiger partial charge on any atom is -0.467 e. The Balaban J connectivity index is 1.76. The summed E-state index contributed by atoms with van der Waals surface area (Å²) < 4.78 is 44.9. The number of hydrazine groups is 1. The van der Waals surface area contributed by atoms with Crippen molar-refractivity contribution in [2.45, 2.75) is 103 Å². The Morgan fingerprint density at radius 1 is 0.660 bits per heavy atom. The molecular formula is C36H42N2O15. The molecule has 2 aromatic carbocycles. The van der Waals surface area contributed by atoms with E-state index in [2.05, 4.69) is 0 Å². The van der Waals surface area contributed by atoms with Crippen molar-refractivity contribution in [1.29, 1.82) is 0 Å². The van der Waals surface area contributed by atoms with Crippen molar-refractivity contribution in [2.75, 3.05) is 7.11 Å². The van der Waals surface area contributed by atoms with Gasteiger partial charge in [0.05, 0.1) is 7.11 Å². The molecule has 0 radical (unpaired) electrons. The Labute approximate surface area is 305 Å². The third kappa shape index (κ3) is 11.0. The summed E-state index contributed by atoms with van der Waals surface area (Å²) in [5.74, 6) is -3.84. The lowest BCUT2D eigenvalue weighted by atomic mass is 9.94. The van der Waals surface area contributed by atoms with Crippen LogP contribution in [0.1, 0.15) is 58.1 Å². The van der Waals surface area contributed by atoms with E-state index in [0.29, 0.717) is 11.1 Å². The molecule has 7 atom stereocenters. The zero-order valence-electron chi connectivity index (χ0n) is 29.9. The molecule has 17 heteroatoms. The van der Waals surface area contributed by atoms with Gasteiger partial charge in [0.15, 0.2) is 30.6 Å². The monoisotopic (exact) mass is 742 g/mol. The number of esters is 4. The first kappa shape index (κ1) is 40.2. The van der Waals surface area contributed by atoms with Gasteiger partial charge in [0.25, 0.3) is 0 Å². The summed E-state index contributed by atoms with van der Waals surface area (Å²) >= 11 is 0. The van der Waals surface area contributed by atoms with Gasteiger partial charge in [-0.05, 0) is 30.9 Å². The van der Waals surface area contributed by atoms with Crippen molar-refractivity contribution >= 4 is 41.8 Å². The molecule has 4 rings (SSSR count). The molecule has 286 valence electrons. The number of hydrogen-bond donors (Lipinski definition) is 0. The van der Waals surface area contributed by atoms with Crippen LogP contribution in [0.2, 0.25) is 0 Å². The Hall–Kier alpha value is -5.55. The molecule has 0 saturated carbocycles. The highest BCUT2D eigenvalue weighted by Crippen LogP contribution is 2.35. The molecule has 0 aromatic heterocycles. The van der Waals surface area contributed by atoms with Gasteiger partial charge in [-0.3, -0.25) is 19.2 Å². The zero-order chi connectivity index (χ0) is 38.7. The number of amides is 2. The largest absolute Gasteiger partial charge is 0.467 e. The lowest BCUT2D eigenvalue weighted by molar-refractivity contribution is -0.333. The van der Waals surface area contributed by atoms with Gasteiger partial charge in [0.1, 0.15) is 25.1 Å². The van der Waals surface area contributed by atoms with Crippen LogP contribution in [0.5, 0.6) is 0 Å². The molecule has 7 unspecified atom stereocenters. The lowest BCUT2D eigenvalue weighted by Crippen LogP contribution is -2.67. The first-order valence-corrected chi connectivity index (χ1v) is 16.7. The number of nitrogens with zero attached hydrogens (tertiary/aromatic N) is 2. The number of carbonyl (C=O) groups excluding carboxylic acids is 7. The second-order valence-electron chi connectivity index (χ2n) is 12.1. The van der Waals surface area contributed by atoms with Gasteiger partial charge < -0.3 is 37.9 Å². The molecule has 2 fully saturated rings. The van der Waals surface area contributed by atoms with Crippen LogP contribution in [0, 0.1) is 0 Å². The zero-order valence-corrected chi connectivity index (χ0v) is 29.9. The third-order valence-electron chi connectivity index (χ3n) is 8.02. The Kier molecular flexibility index (Phi) is 14.3. The second-order valence-corrected chi connectivity index (χ2v) is 12.1. The number of benzene rings is 2. The van der Waals surface area contributed by atoms with Crippen LogP contribution in [0.3, 0.4) is 0 Å². The van der Waals surface area contributed by atoms with Gasteiger partial charge in [0.2, 0.25) is 6.29 Å². The van der Waals surface area contributed by atoms with E-state index in [9.17, 15) is 33.6 Å². The molecule has 17 nitrogen and oxygen atoms in total. The number of ether oxygens (including phenoxy) is 8. The number of rotatable bonds is 12. The maximum Gasteiger partial charge on any atom is 0.431 e. The van der Waals surface area contributed by atoms with E-state index >= 15 is 0 Å². The van der Waals surface area contributed by atoms with E-state index in [0.717, 1.165) is 37.9 Å². The number of Topliss-reactive ketones (excluding diaryl/α,β-unsaturated/α-hetero) is 1. The van der Waals surface area contributed by atoms with E-state index in [1.54, 1.807) is 60.7 Å². The Morgan fingerprint density at radius 2 is 1.15 bits per heavy atom. The standard InChI is InChI=1S/C36H42N2O15/c1-21(39)18-28-30(49-22(2)40)31(50-23(3)41)32(51-24(4)42)34(52-28)53-29-17-16-27(33(43)46-5)37(35(44)47-19-25-12-8-6-9-13-25)38(29)36(45)48-20-26-14-10-7-11-15-26/h6-15,27-32,34H,16-20H2,1-5H3. The van der Waals surface area contributed by atoms with Crippen LogP contribution in [0.15, 0.2) is 60.7 Å². The Morgan fingerprint density at radius 3 is 1.64 bits per heavy atom. The van der Waals surface area contributed by atoms with Crippen molar-refractivity contribution in [1.82, 2.24) is 10.0 Å². The second kappa shape index (κ2) is 18.8. The van der Waals surface area contributed by atoms with Gasteiger partial charge in [-0.15, -0.1) is 0 Å². The molecule has 2 saturated heterocycles. The van der Waals surface area contributed by atoms with Crippen molar-refractivity contribution in [3.05, 3.63) is 71.8 Å². The van der Waals surface area contributed by atoms with E-state index in [4.69, 9.17) is 37.9 Å². The highest BCUT2D eigenvalue weighted by molar-refractivity contribution is 5.83. The van der Waals surface area contributed by atoms with Crippen LogP contribution in [-0.4, -0.2) is 102 Å². The molecule has 2 aromatic rings. The minimum absolute atomic E-state index is 0.133. The Bertz CT molecular complexity index is 1620. The fraction of sp³-hybridized carbons (Fsp3) is 0.472. The summed E-state index contributed by atoms with van der Waals surface area (Å²) in [6.45, 7) is 3.97. The summed E-state index contributed by atoms with van der Waals surface area (Å²) in [5, 5.41) is 1.45. The SMILES string of the molecule is COC(=O)C1CCC(OC2OC(CC(C)=O)C(OC(C)=O)C(OC(C)=O)C2OC(C)=O)N(C(=O)OCc2ccccc2)N1C(=O)OCc1ccccc1. The average molecular weight is 743 g/mol. The van der Waals surface area contributed by atoms with E-state index in [-0.39, 0.29) is 32.5 Å². The molecule has 2 heterocycles. The van der Waals surface area contributed by atoms with E-state index in [1.807, 2.05) is 0 Å². The normalized spacial score (nSPS) is 23.9. The molecule has 53 heavy (non-hydrogen) atoms. The van der Waals surface area contributed by atoms with Gasteiger partial charge in [-0.1, -0.05) is 60.7 Å². The quantitative estimate of drug-likeness (QED) is 0.226. The van der Waals surface area contributed by atoms with Crippen LogP contribution in [0.25, 0.3) is 0 Å². The van der Waals surface area contributed by atoms with Crippen LogP contribution >= 0.6 is 0 Å². The van der Waals surface area contributed by atoms with Crippen molar-refractivity contribution in [2.24, 2.45) is 0 Å². The van der Waals surface area contributed by atoms with Gasteiger partial charge in [-0.2, -0.15) is 10.0 Å². The highest BCUT2D eigenvalue weighted by Gasteiger charge is 2.55. The van der Waals surface area contributed by atoms with Gasteiger partial charge >= 0.3 is 36.1 Å². The molecule has 0 N–H and O–H groups in total. The smallest absolute Gasteiger partial charge is 0.431 e. The summed E-state index contributed by atoms with van der Waals surface area (Å²) in [5.41, 5.74) is 1.20. The predicted molar refractivity (Wildman–Crippen MR) is 177 cm³/mol. The number of methoxy groups -OCH3 is 1. The predicted octanol–water partition coefficient (Wildman–Crippen LogP) is 3.36. The number of hydrogen-bond acceptors (Lipinski definition) is 15. The topological polar surface area (TPSA) is 200 Å². The van der Waals surface area contributed by atoms with E-state index in [1.165, 1.54) is 6.92 Å². The first-order valence-electron chi connectivity index (χ1n) is 16.7. The van der Waals surface area contributed by atoms with Crippen molar-refractivity contribution in [3.63, 3.8) is 0 Å². The molecule has 0 aliphatic carbocycles. The van der Waals surface area contributed by atoms with Crippen LogP contribution in [0.4, 0.5) is 9.59 Å². The minimum atomic E-state index is -1.72. The van der Waals surface area contributed by atoms with Crippen molar-refractivity contribution in [3.8, 4) is 0 Å². The summed E-state index contributed by atoms with van der Waals surface area (Å²) in [6, 6.07) is 15.9. The fourth-order valence-electron chi connectivity index (χ4n) is 5.87. The summed E-state index contributed by atoms with van der Waals surface area (Å²) in [7, 11) is 1.11. The molecule has 2 aliphatic rings.